The zero-order chi connectivity index (χ0) is 14.4. The van der Waals surface area contributed by atoms with E-state index < -0.39 is 0 Å². The fourth-order valence-corrected chi connectivity index (χ4v) is 2.68. The molecule has 0 saturated carbocycles. The van der Waals surface area contributed by atoms with Gasteiger partial charge >= 0.3 is 0 Å². The Kier molecular flexibility index (Phi) is 6.02. The minimum Gasteiger partial charge on any atom is -0.326 e. The number of likely N-dealkylation sites (tertiary alicyclic amines) is 1. The van der Waals surface area contributed by atoms with Crippen molar-refractivity contribution in [2.45, 2.75) is 45.3 Å². The fourth-order valence-electron chi connectivity index (χ4n) is 2.68. The van der Waals surface area contributed by atoms with Gasteiger partial charge in [-0.25, -0.2) is 0 Å². The Morgan fingerprint density at radius 1 is 1.20 bits per heavy atom. The normalized spacial score (nSPS) is 19.4. The van der Waals surface area contributed by atoms with E-state index in [1.807, 2.05) is 0 Å². The number of nitrogens with one attached hydrogen (secondary N) is 1. The largest absolute Gasteiger partial charge is 0.326 e. The molecular weight excluding hydrogens is 246 g/mol. The topological polar surface area (TPSA) is 41.3 Å². The molecule has 1 fully saturated rings. The van der Waals surface area contributed by atoms with E-state index in [2.05, 4.69) is 54.4 Å². The van der Waals surface area contributed by atoms with E-state index in [9.17, 15) is 0 Å². The Bertz CT molecular complexity index is 369. The SMILES string of the molecule is CC(C)C(N)CNC1CCN(Cc2ccccc2)CC1. The van der Waals surface area contributed by atoms with Gasteiger partial charge in [-0.1, -0.05) is 44.2 Å². The van der Waals surface area contributed by atoms with Crippen molar-refractivity contribution in [2.75, 3.05) is 19.6 Å². The lowest BCUT2D eigenvalue weighted by Gasteiger charge is -2.33. The zero-order valence-electron chi connectivity index (χ0n) is 12.9. The van der Waals surface area contributed by atoms with Crippen LogP contribution in [0.3, 0.4) is 0 Å². The third-order valence-electron chi connectivity index (χ3n) is 4.34. The summed E-state index contributed by atoms with van der Waals surface area (Å²) in [4.78, 5) is 2.55. The summed E-state index contributed by atoms with van der Waals surface area (Å²) in [6, 6.07) is 11.7. The van der Waals surface area contributed by atoms with Crippen LogP contribution < -0.4 is 11.1 Å². The molecular formula is C17H29N3. The lowest BCUT2D eigenvalue weighted by atomic mass is 10.0. The number of benzene rings is 1. The molecule has 1 aliphatic rings. The van der Waals surface area contributed by atoms with Gasteiger partial charge in [0.2, 0.25) is 0 Å². The highest BCUT2D eigenvalue weighted by atomic mass is 15.1. The molecule has 3 heteroatoms. The van der Waals surface area contributed by atoms with E-state index in [1.165, 1.54) is 31.5 Å². The Labute approximate surface area is 123 Å². The Balaban J connectivity index is 1.67. The number of piperidine rings is 1. The average Bonchev–Trinajstić information content (AvgIpc) is 2.47. The second-order valence-electron chi connectivity index (χ2n) is 6.35. The summed E-state index contributed by atoms with van der Waals surface area (Å²) >= 11 is 0. The number of nitrogens with zero attached hydrogens (tertiary/aromatic N) is 1. The molecule has 1 heterocycles. The van der Waals surface area contributed by atoms with Gasteiger partial charge in [0.05, 0.1) is 0 Å². The van der Waals surface area contributed by atoms with Crippen LogP contribution >= 0.6 is 0 Å². The van der Waals surface area contributed by atoms with Crippen LogP contribution in [0.2, 0.25) is 0 Å². The summed E-state index contributed by atoms with van der Waals surface area (Å²) in [5.74, 6) is 0.556. The first kappa shape index (κ1) is 15.5. The Morgan fingerprint density at radius 3 is 2.45 bits per heavy atom. The zero-order valence-corrected chi connectivity index (χ0v) is 12.9. The van der Waals surface area contributed by atoms with Gasteiger partial charge in [0.1, 0.15) is 0 Å². The van der Waals surface area contributed by atoms with Crippen LogP contribution in [0.1, 0.15) is 32.3 Å². The van der Waals surface area contributed by atoms with Crippen LogP contribution in [0.25, 0.3) is 0 Å². The van der Waals surface area contributed by atoms with Crippen LogP contribution in [0.4, 0.5) is 0 Å². The van der Waals surface area contributed by atoms with Gasteiger partial charge in [0.25, 0.3) is 0 Å². The Hall–Kier alpha value is -0.900. The number of hydrogen-bond acceptors (Lipinski definition) is 3. The highest BCUT2D eigenvalue weighted by Crippen LogP contribution is 2.14. The summed E-state index contributed by atoms with van der Waals surface area (Å²) < 4.78 is 0. The molecule has 1 aromatic rings. The molecule has 2 rings (SSSR count). The van der Waals surface area contributed by atoms with Gasteiger partial charge in [-0.15, -0.1) is 0 Å². The molecule has 1 unspecified atom stereocenters. The van der Waals surface area contributed by atoms with Crippen LogP contribution in [0.15, 0.2) is 30.3 Å². The van der Waals surface area contributed by atoms with Crippen LogP contribution in [-0.4, -0.2) is 36.6 Å². The van der Waals surface area contributed by atoms with Crippen LogP contribution in [-0.2, 0) is 6.54 Å². The standard InChI is InChI=1S/C17H29N3/c1-14(2)17(18)12-19-16-8-10-20(11-9-16)13-15-6-4-3-5-7-15/h3-7,14,16-17,19H,8-13,18H2,1-2H3. The second-order valence-corrected chi connectivity index (χ2v) is 6.35. The molecule has 0 aromatic heterocycles. The molecule has 3 N–H and O–H groups in total. The molecule has 112 valence electrons. The smallest absolute Gasteiger partial charge is 0.0233 e. The first-order valence-corrected chi connectivity index (χ1v) is 7.90. The summed E-state index contributed by atoms with van der Waals surface area (Å²) in [6.07, 6.45) is 2.47. The summed E-state index contributed by atoms with van der Waals surface area (Å²) in [7, 11) is 0. The van der Waals surface area contributed by atoms with Gasteiger partial charge in [0, 0.05) is 25.2 Å². The third kappa shape index (κ3) is 4.89. The second kappa shape index (κ2) is 7.77. The predicted molar refractivity (Wildman–Crippen MR) is 85.6 cm³/mol. The van der Waals surface area contributed by atoms with Crippen molar-refractivity contribution in [3.05, 3.63) is 35.9 Å². The van der Waals surface area contributed by atoms with E-state index in [1.54, 1.807) is 0 Å². The molecule has 0 aliphatic carbocycles. The van der Waals surface area contributed by atoms with Crippen LogP contribution in [0, 0.1) is 5.92 Å². The molecule has 1 aromatic carbocycles. The van der Waals surface area contributed by atoms with Gasteiger partial charge in [0.15, 0.2) is 0 Å². The van der Waals surface area contributed by atoms with E-state index in [-0.39, 0.29) is 6.04 Å². The highest BCUT2D eigenvalue weighted by Gasteiger charge is 2.19. The summed E-state index contributed by atoms with van der Waals surface area (Å²) in [6.45, 7) is 8.77. The maximum Gasteiger partial charge on any atom is 0.0233 e. The van der Waals surface area contributed by atoms with Crippen molar-refractivity contribution < 1.29 is 0 Å². The molecule has 0 spiro atoms. The monoisotopic (exact) mass is 275 g/mol. The van der Waals surface area contributed by atoms with Crippen molar-refractivity contribution in [1.82, 2.24) is 10.2 Å². The van der Waals surface area contributed by atoms with Crippen molar-refractivity contribution in [3.8, 4) is 0 Å². The third-order valence-corrected chi connectivity index (χ3v) is 4.34. The molecule has 0 bridgehead atoms. The summed E-state index contributed by atoms with van der Waals surface area (Å²) in [5, 5.41) is 3.64. The number of nitrogens with two attached hydrogens (primary N) is 1. The van der Waals surface area contributed by atoms with Gasteiger partial charge in [-0.2, -0.15) is 0 Å². The average molecular weight is 275 g/mol. The molecule has 0 radical (unpaired) electrons. The Morgan fingerprint density at radius 2 is 1.85 bits per heavy atom. The summed E-state index contributed by atoms with van der Waals surface area (Å²) in [5.41, 5.74) is 7.51. The van der Waals surface area contributed by atoms with Crippen molar-refractivity contribution in [3.63, 3.8) is 0 Å². The quantitative estimate of drug-likeness (QED) is 0.836. The molecule has 0 amide bonds. The van der Waals surface area contributed by atoms with Crippen molar-refractivity contribution in [2.24, 2.45) is 11.7 Å². The van der Waals surface area contributed by atoms with E-state index >= 15 is 0 Å². The lowest BCUT2D eigenvalue weighted by molar-refractivity contribution is 0.188. The minimum absolute atomic E-state index is 0.275. The van der Waals surface area contributed by atoms with Crippen LogP contribution in [0.5, 0.6) is 0 Å². The van der Waals surface area contributed by atoms with E-state index in [4.69, 9.17) is 5.73 Å². The number of hydrogen-bond donors (Lipinski definition) is 2. The number of rotatable bonds is 6. The van der Waals surface area contributed by atoms with Crippen molar-refractivity contribution >= 4 is 0 Å². The van der Waals surface area contributed by atoms with Crippen molar-refractivity contribution in [1.29, 1.82) is 0 Å². The predicted octanol–water partition coefficient (Wildman–Crippen LogP) is 2.22. The maximum atomic E-state index is 6.09. The lowest BCUT2D eigenvalue weighted by Crippen LogP contribution is -2.47. The van der Waals surface area contributed by atoms with E-state index in [0.29, 0.717) is 12.0 Å². The molecule has 1 saturated heterocycles. The van der Waals surface area contributed by atoms with Gasteiger partial charge in [-0.05, 0) is 37.4 Å². The molecule has 1 aliphatic heterocycles. The molecule has 20 heavy (non-hydrogen) atoms. The molecule has 1 atom stereocenters. The molecule has 3 nitrogen and oxygen atoms in total. The minimum atomic E-state index is 0.275. The highest BCUT2D eigenvalue weighted by molar-refractivity contribution is 5.14. The first-order chi connectivity index (χ1) is 9.65. The fraction of sp³-hybridized carbons (Fsp3) is 0.647. The maximum absolute atomic E-state index is 6.09. The first-order valence-electron chi connectivity index (χ1n) is 7.90. The van der Waals surface area contributed by atoms with Gasteiger partial charge in [-0.3, -0.25) is 4.90 Å². The van der Waals surface area contributed by atoms with Gasteiger partial charge < -0.3 is 11.1 Å². The van der Waals surface area contributed by atoms with E-state index in [0.717, 1.165) is 13.1 Å².